The Bertz CT molecular complexity index is 1230. The highest BCUT2D eigenvalue weighted by atomic mass is 16.5. The van der Waals surface area contributed by atoms with Crippen molar-refractivity contribution < 1.29 is 23.9 Å². The number of methoxy groups -OCH3 is 1. The highest BCUT2D eigenvalue weighted by Crippen LogP contribution is 2.54. The topological polar surface area (TPSA) is 131 Å². The number of para-hydroxylation sites is 2. The van der Waals surface area contributed by atoms with Crippen molar-refractivity contribution in [2.45, 2.75) is 37.9 Å². The third kappa shape index (κ3) is 3.03. The summed E-state index contributed by atoms with van der Waals surface area (Å²) in [7, 11) is 1.53. The molecule has 2 fully saturated rings. The number of carbonyl (C=O) groups is 4. The molecule has 0 bridgehead atoms. The molecule has 4 amide bonds. The summed E-state index contributed by atoms with van der Waals surface area (Å²) in [5.74, 6) is -2.82. The fraction of sp³-hybridized carbons (Fsp3) is 0.360. The number of rotatable bonds is 6. The molecule has 9 nitrogen and oxygen atoms in total. The van der Waals surface area contributed by atoms with Gasteiger partial charge in [-0.1, -0.05) is 36.4 Å². The number of carbonyl (C=O) groups excluding carboxylic acids is 4. The Balaban J connectivity index is 1.59. The molecule has 0 aliphatic carbocycles. The molecule has 1 spiro atoms. The molecule has 0 aromatic heterocycles. The molecule has 2 aromatic carbocycles. The van der Waals surface area contributed by atoms with E-state index in [0.717, 1.165) is 5.56 Å². The van der Waals surface area contributed by atoms with Crippen molar-refractivity contribution in [3.63, 3.8) is 0 Å². The number of fused-ring (bicyclic) bond motifs is 4. The van der Waals surface area contributed by atoms with Crippen LogP contribution in [0.5, 0.6) is 5.75 Å². The van der Waals surface area contributed by atoms with Gasteiger partial charge >= 0.3 is 0 Å². The molecule has 0 unspecified atom stereocenters. The van der Waals surface area contributed by atoms with Crippen LogP contribution in [0.25, 0.3) is 0 Å². The van der Waals surface area contributed by atoms with Crippen LogP contribution >= 0.6 is 0 Å². The molecule has 0 radical (unpaired) electrons. The highest BCUT2D eigenvalue weighted by Gasteiger charge is 2.70. The van der Waals surface area contributed by atoms with Crippen LogP contribution in [-0.4, -0.2) is 41.7 Å². The number of aryl methyl sites for hydroxylation is 1. The third-order valence-corrected chi connectivity index (χ3v) is 7.27. The van der Waals surface area contributed by atoms with E-state index in [-0.39, 0.29) is 31.2 Å². The predicted octanol–water partition coefficient (Wildman–Crippen LogP) is 1.19. The Hall–Kier alpha value is -3.72. The fourth-order valence-corrected chi connectivity index (χ4v) is 5.74. The van der Waals surface area contributed by atoms with Gasteiger partial charge in [0.25, 0.3) is 0 Å². The zero-order valence-corrected chi connectivity index (χ0v) is 19.0. The van der Waals surface area contributed by atoms with Crippen molar-refractivity contribution in [3.8, 4) is 5.75 Å². The van der Waals surface area contributed by atoms with Crippen molar-refractivity contribution >= 4 is 29.3 Å². The average molecular weight is 463 g/mol. The van der Waals surface area contributed by atoms with Gasteiger partial charge in [0.15, 0.2) is 0 Å². The maximum atomic E-state index is 13.8. The van der Waals surface area contributed by atoms with E-state index in [1.165, 1.54) is 12.0 Å². The Morgan fingerprint density at radius 2 is 1.88 bits per heavy atom. The van der Waals surface area contributed by atoms with Crippen LogP contribution in [0, 0.1) is 18.8 Å². The summed E-state index contributed by atoms with van der Waals surface area (Å²) in [6.45, 7) is 1.92. The van der Waals surface area contributed by atoms with Gasteiger partial charge in [-0.2, -0.15) is 0 Å². The van der Waals surface area contributed by atoms with Gasteiger partial charge in [-0.25, -0.2) is 0 Å². The Labute approximate surface area is 196 Å². The van der Waals surface area contributed by atoms with Crippen molar-refractivity contribution in [2.75, 3.05) is 12.4 Å². The summed E-state index contributed by atoms with van der Waals surface area (Å²) in [5, 5.41) is 6.23. The van der Waals surface area contributed by atoms with Crippen LogP contribution in [0.3, 0.4) is 0 Å². The van der Waals surface area contributed by atoms with E-state index >= 15 is 0 Å². The van der Waals surface area contributed by atoms with Crippen LogP contribution in [-0.2, 0) is 31.3 Å². The number of ether oxygens (including phenoxy) is 1. The van der Waals surface area contributed by atoms with Crippen LogP contribution in [0.2, 0.25) is 0 Å². The third-order valence-electron chi connectivity index (χ3n) is 7.27. The number of primary amides is 1. The summed E-state index contributed by atoms with van der Waals surface area (Å²) in [4.78, 5) is 53.7. The van der Waals surface area contributed by atoms with Crippen molar-refractivity contribution in [1.82, 2.24) is 10.2 Å². The SMILES string of the molecule is COc1ccccc1CN1C(=O)[C@H]2[C@@H](C1=O)[C@]1(N[C@@H]2CCC(N)=O)C(=O)Nc2c(C)cccc21. The highest BCUT2D eigenvalue weighted by molar-refractivity contribution is 6.15. The lowest BCUT2D eigenvalue weighted by Gasteiger charge is -2.29. The first-order chi connectivity index (χ1) is 16.3. The lowest BCUT2D eigenvalue weighted by atomic mass is 9.76. The minimum atomic E-state index is -1.39. The summed E-state index contributed by atoms with van der Waals surface area (Å²) >= 11 is 0. The standard InChI is InChI=1S/C25H26N4O5/c1-13-6-5-8-15-21(13)27-24(33)25(15)20-19(16(28-25)10-11-18(26)30)22(31)29(23(20)32)12-14-7-3-4-9-17(14)34-2/h3-9,16,19-20,28H,10-12H2,1-2H3,(H2,26,30)(H,27,33)/t16-,19-,20+,25+/m1/s1. The van der Waals surface area contributed by atoms with E-state index in [1.807, 2.05) is 31.2 Å². The summed E-state index contributed by atoms with van der Waals surface area (Å²) in [6, 6.07) is 12.1. The quantitative estimate of drug-likeness (QED) is 0.553. The van der Waals surface area contributed by atoms with E-state index < -0.39 is 35.2 Å². The molecule has 176 valence electrons. The summed E-state index contributed by atoms with van der Waals surface area (Å²) in [5.41, 5.74) is 6.84. The van der Waals surface area contributed by atoms with Gasteiger partial charge in [0.1, 0.15) is 11.3 Å². The molecular weight excluding hydrogens is 436 g/mol. The van der Waals surface area contributed by atoms with Crippen molar-refractivity contribution in [3.05, 3.63) is 59.2 Å². The molecule has 4 atom stereocenters. The number of anilines is 1. The lowest BCUT2D eigenvalue weighted by molar-refractivity contribution is -0.143. The van der Waals surface area contributed by atoms with Gasteiger partial charge in [-0.05, 0) is 25.0 Å². The number of nitrogens with two attached hydrogens (primary N) is 1. The van der Waals surface area contributed by atoms with Crippen LogP contribution in [0.4, 0.5) is 5.69 Å². The Morgan fingerprint density at radius 1 is 1.12 bits per heavy atom. The Morgan fingerprint density at radius 3 is 2.62 bits per heavy atom. The monoisotopic (exact) mass is 462 g/mol. The molecule has 2 saturated heterocycles. The van der Waals surface area contributed by atoms with Crippen LogP contribution in [0.1, 0.15) is 29.5 Å². The molecule has 5 rings (SSSR count). The maximum Gasteiger partial charge on any atom is 0.250 e. The predicted molar refractivity (Wildman–Crippen MR) is 122 cm³/mol. The van der Waals surface area contributed by atoms with Crippen LogP contribution < -0.4 is 21.1 Å². The molecule has 4 N–H and O–H groups in total. The van der Waals surface area contributed by atoms with E-state index in [0.29, 0.717) is 22.6 Å². The molecule has 3 heterocycles. The summed E-state index contributed by atoms with van der Waals surface area (Å²) < 4.78 is 5.40. The molecule has 9 heteroatoms. The van der Waals surface area contributed by atoms with Gasteiger partial charge in [-0.15, -0.1) is 0 Å². The smallest absolute Gasteiger partial charge is 0.250 e. The number of hydrogen-bond donors (Lipinski definition) is 3. The van der Waals surface area contributed by atoms with E-state index in [2.05, 4.69) is 10.6 Å². The van der Waals surface area contributed by atoms with Crippen LogP contribution in [0.15, 0.2) is 42.5 Å². The fourth-order valence-electron chi connectivity index (χ4n) is 5.74. The Kier molecular flexibility index (Phi) is 5.16. The van der Waals surface area contributed by atoms with Crippen molar-refractivity contribution in [2.24, 2.45) is 17.6 Å². The minimum Gasteiger partial charge on any atom is -0.496 e. The van der Waals surface area contributed by atoms with Gasteiger partial charge < -0.3 is 15.8 Å². The number of imide groups is 1. The van der Waals surface area contributed by atoms with E-state index in [4.69, 9.17) is 10.5 Å². The lowest BCUT2D eigenvalue weighted by Crippen LogP contribution is -2.53. The van der Waals surface area contributed by atoms with E-state index in [9.17, 15) is 19.2 Å². The normalized spacial score (nSPS) is 27.2. The molecular formula is C25H26N4O5. The summed E-state index contributed by atoms with van der Waals surface area (Å²) in [6.07, 6.45) is 0.279. The number of nitrogens with zero attached hydrogens (tertiary/aromatic N) is 1. The number of benzene rings is 2. The van der Waals surface area contributed by atoms with Gasteiger partial charge in [0.05, 0.1) is 25.5 Å². The molecule has 0 saturated carbocycles. The average Bonchev–Trinajstić information content (AvgIpc) is 3.40. The number of likely N-dealkylation sites (tertiary alicyclic amines) is 1. The maximum absolute atomic E-state index is 13.8. The van der Waals surface area contributed by atoms with E-state index in [1.54, 1.807) is 18.2 Å². The first-order valence-corrected chi connectivity index (χ1v) is 11.2. The van der Waals surface area contributed by atoms with Crippen molar-refractivity contribution in [1.29, 1.82) is 0 Å². The van der Waals surface area contributed by atoms with Gasteiger partial charge in [-0.3, -0.25) is 29.4 Å². The second kappa shape index (κ2) is 7.95. The van der Waals surface area contributed by atoms with Gasteiger partial charge in [0, 0.05) is 29.3 Å². The zero-order chi connectivity index (χ0) is 24.2. The molecule has 3 aliphatic heterocycles. The zero-order valence-electron chi connectivity index (χ0n) is 19.0. The molecule has 3 aliphatic rings. The number of nitrogens with one attached hydrogen (secondary N) is 2. The van der Waals surface area contributed by atoms with Gasteiger partial charge in [0.2, 0.25) is 23.6 Å². The largest absolute Gasteiger partial charge is 0.496 e. The second-order valence-corrected chi connectivity index (χ2v) is 9.09. The minimum absolute atomic E-state index is 0.0350. The first kappa shape index (κ1) is 22.1. The second-order valence-electron chi connectivity index (χ2n) is 9.09. The molecule has 34 heavy (non-hydrogen) atoms. The number of amides is 4. The first-order valence-electron chi connectivity index (χ1n) is 11.2. The molecule has 2 aromatic rings. The number of hydrogen-bond acceptors (Lipinski definition) is 6.